The Morgan fingerprint density at radius 2 is 1.57 bits per heavy atom. The van der Waals surface area contributed by atoms with E-state index in [1.165, 1.54) is 0 Å². The van der Waals surface area contributed by atoms with Crippen LogP contribution in [0.1, 0.15) is 0 Å². The van der Waals surface area contributed by atoms with Gasteiger partial charge in [-0.3, -0.25) is 4.79 Å². The molecule has 0 aromatic heterocycles. The summed E-state index contributed by atoms with van der Waals surface area (Å²) in [6.07, 6.45) is 0. The standard InChI is InChI=1S/CH2O2.I2S2/c2-1-3;1-3-4-2/h1H,(H,2,3);. The van der Waals surface area contributed by atoms with E-state index in [2.05, 4.69) is 42.4 Å². The first kappa shape index (κ1) is 11.4. The molecule has 0 aliphatic carbocycles. The Hall–Kier alpha value is 1.63. The van der Waals surface area contributed by atoms with Crippen molar-refractivity contribution in [1.82, 2.24) is 0 Å². The molecule has 0 rings (SSSR count). The predicted octanol–water partition coefficient (Wildman–Crippen LogP) is 2.77. The molecule has 0 atom stereocenters. The van der Waals surface area contributed by atoms with Crippen LogP contribution in [0, 0.1) is 0 Å². The zero-order chi connectivity index (χ0) is 6.12. The number of rotatable bonds is 1. The predicted molar refractivity (Wildman–Crippen MR) is 51.9 cm³/mol. The summed E-state index contributed by atoms with van der Waals surface area (Å²) in [5.41, 5.74) is 0. The zero-order valence-corrected chi connectivity index (χ0v) is 8.95. The van der Waals surface area contributed by atoms with Gasteiger partial charge in [-0.15, -0.1) is 0 Å². The molecule has 0 radical (unpaired) electrons. The van der Waals surface area contributed by atoms with Crippen molar-refractivity contribution in [3.63, 3.8) is 0 Å². The first-order chi connectivity index (χ1) is 3.33. The zero-order valence-electron chi connectivity index (χ0n) is 3.01. The highest BCUT2D eigenvalue weighted by atomic mass is 127. The van der Waals surface area contributed by atoms with Gasteiger partial charge in [-0.05, 0) is 15.9 Å². The van der Waals surface area contributed by atoms with Crippen LogP contribution < -0.4 is 0 Å². The van der Waals surface area contributed by atoms with Gasteiger partial charge in [0.15, 0.2) is 0 Å². The molecule has 0 unspecified atom stereocenters. The van der Waals surface area contributed by atoms with Gasteiger partial charge in [-0.2, -0.15) is 0 Å². The van der Waals surface area contributed by atoms with Gasteiger partial charge in [0.1, 0.15) is 0 Å². The summed E-state index contributed by atoms with van der Waals surface area (Å²) in [6.45, 7) is -0.250. The van der Waals surface area contributed by atoms with Crippen molar-refractivity contribution in [2.75, 3.05) is 0 Å². The van der Waals surface area contributed by atoms with Crippen LogP contribution in [-0.2, 0) is 4.79 Å². The molecule has 2 nitrogen and oxygen atoms in total. The molecule has 0 aliphatic heterocycles. The Kier molecular flexibility index (Phi) is 25.5. The minimum absolute atomic E-state index is 0.250. The second-order valence-electron chi connectivity index (χ2n) is 0.231. The molecular formula is CH2I2O2S2. The second kappa shape index (κ2) is 15.6. The molecule has 0 amide bonds. The summed E-state index contributed by atoms with van der Waals surface area (Å²) in [7, 11) is 3.46. The smallest absolute Gasteiger partial charge is 0.290 e. The number of hydrogen-bond acceptors (Lipinski definition) is 3. The molecular weight excluding hydrogens is 362 g/mol. The third kappa shape index (κ3) is 35.0. The maximum Gasteiger partial charge on any atom is 0.290 e. The van der Waals surface area contributed by atoms with Crippen molar-refractivity contribution in [2.24, 2.45) is 0 Å². The van der Waals surface area contributed by atoms with Crippen LogP contribution in [0.2, 0.25) is 0 Å². The summed E-state index contributed by atoms with van der Waals surface area (Å²) < 4.78 is 0. The summed E-state index contributed by atoms with van der Waals surface area (Å²) >= 11 is 4.45. The lowest BCUT2D eigenvalue weighted by Gasteiger charge is -1.62. The van der Waals surface area contributed by atoms with E-state index in [4.69, 9.17) is 9.90 Å². The molecule has 6 heteroatoms. The molecule has 0 fully saturated rings. The van der Waals surface area contributed by atoms with Crippen LogP contribution in [0.15, 0.2) is 0 Å². The third-order valence-electron chi connectivity index (χ3n) is 0.0238. The Bertz CT molecular complexity index is 32.9. The number of carbonyl (C=O) groups is 1. The van der Waals surface area contributed by atoms with E-state index in [0.29, 0.717) is 0 Å². The van der Waals surface area contributed by atoms with Gasteiger partial charge >= 0.3 is 0 Å². The molecule has 0 heterocycles. The van der Waals surface area contributed by atoms with E-state index in [0.717, 1.165) is 0 Å². The van der Waals surface area contributed by atoms with Crippen LogP contribution in [0.3, 0.4) is 0 Å². The average molecular weight is 364 g/mol. The monoisotopic (exact) mass is 364 g/mol. The van der Waals surface area contributed by atoms with Crippen molar-refractivity contribution in [1.29, 1.82) is 0 Å². The Morgan fingerprint density at radius 1 is 1.43 bits per heavy atom. The minimum atomic E-state index is -0.250. The average Bonchev–Trinajstić information content (AvgIpc) is 1.69. The second-order valence-corrected chi connectivity index (χ2v) is 7.71. The van der Waals surface area contributed by atoms with Crippen LogP contribution in [0.5, 0.6) is 0 Å². The van der Waals surface area contributed by atoms with Crippen LogP contribution >= 0.6 is 58.3 Å². The lowest BCUT2D eigenvalue weighted by molar-refractivity contribution is -0.122. The maximum absolute atomic E-state index is 8.36. The fraction of sp³-hybridized carbons (Fsp3) is 0. The number of carboxylic acid groups (broad SMARTS) is 1. The Balaban J connectivity index is 0. The fourth-order valence-electron chi connectivity index (χ4n) is 0. The highest BCUT2D eigenvalue weighted by Crippen LogP contribution is 2.34. The van der Waals surface area contributed by atoms with E-state index >= 15 is 0 Å². The molecule has 1 N–H and O–H groups in total. The summed E-state index contributed by atoms with van der Waals surface area (Å²) in [5.74, 6) is 0. The summed E-state index contributed by atoms with van der Waals surface area (Å²) in [5, 5.41) is 6.89. The van der Waals surface area contributed by atoms with Gasteiger partial charge in [0, 0.05) is 42.4 Å². The van der Waals surface area contributed by atoms with Crippen molar-refractivity contribution in [2.45, 2.75) is 0 Å². The van der Waals surface area contributed by atoms with Crippen molar-refractivity contribution >= 4 is 64.8 Å². The summed E-state index contributed by atoms with van der Waals surface area (Å²) in [4.78, 5) is 8.36. The largest absolute Gasteiger partial charge is 0.483 e. The summed E-state index contributed by atoms with van der Waals surface area (Å²) in [6, 6.07) is 0. The minimum Gasteiger partial charge on any atom is -0.483 e. The highest BCUT2D eigenvalue weighted by Gasteiger charge is 1.62. The van der Waals surface area contributed by atoms with Gasteiger partial charge in [0.25, 0.3) is 6.47 Å². The first-order valence-corrected chi connectivity index (χ1v) is 8.20. The molecule has 7 heavy (non-hydrogen) atoms. The van der Waals surface area contributed by atoms with Crippen molar-refractivity contribution in [3.8, 4) is 0 Å². The van der Waals surface area contributed by atoms with Crippen LogP contribution in [0.4, 0.5) is 0 Å². The lowest BCUT2D eigenvalue weighted by atomic mass is 11.7. The lowest BCUT2D eigenvalue weighted by Crippen LogP contribution is -1.49. The molecule has 0 saturated carbocycles. The van der Waals surface area contributed by atoms with E-state index < -0.39 is 0 Å². The van der Waals surface area contributed by atoms with Crippen LogP contribution in [0.25, 0.3) is 0 Å². The van der Waals surface area contributed by atoms with Gasteiger partial charge in [-0.1, -0.05) is 0 Å². The molecule has 0 bridgehead atoms. The van der Waals surface area contributed by atoms with Crippen molar-refractivity contribution < 1.29 is 9.90 Å². The SMILES string of the molecule is ISSI.O=CO. The molecule has 0 saturated heterocycles. The van der Waals surface area contributed by atoms with E-state index in [9.17, 15) is 0 Å². The third-order valence-corrected chi connectivity index (χ3v) is 9.64. The molecule has 0 aliphatic rings. The molecule has 0 aromatic carbocycles. The first-order valence-electron chi connectivity index (χ1n) is 0.969. The van der Waals surface area contributed by atoms with E-state index in [-0.39, 0.29) is 6.47 Å². The Morgan fingerprint density at radius 3 is 1.57 bits per heavy atom. The Labute approximate surface area is 73.8 Å². The van der Waals surface area contributed by atoms with Gasteiger partial charge in [0.05, 0.1) is 0 Å². The topological polar surface area (TPSA) is 37.3 Å². The number of hydrogen-bond donors (Lipinski definition) is 1. The van der Waals surface area contributed by atoms with E-state index in [1.54, 1.807) is 15.9 Å². The highest BCUT2D eigenvalue weighted by molar-refractivity contribution is 14.2. The van der Waals surface area contributed by atoms with E-state index in [1.807, 2.05) is 0 Å². The fourth-order valence-corrected chi connectivity index (χ4v) is 0. The quantitative estimate of drug-likeness (QED) is 0.441. The van der Waals surface area contributed by atoms with Crippen LogP contribution in [-0.4, -0.2) is 11.6 Å². The van der Waals surface area contributed by atoms with Gasteiger partial charge in [0.2, 0.25) is 0 Å². The maximum atomic E-state index is 8.36. The number of halogens is 2. The molecule has 0 aromatic rings. The van der Waals surface area contributed by atoms with Gasteiger partial charge < -0.3 is 5.11 Å². The van der Waals surface area contributed by atoms with Crippen molar-refractivity contribution in [3.05, 3.63) is 0 Å². The van der Waals surface area contributed by atoms with Gasteiger partial charge in [-0.25, -0.2) is 0 Å². The normalized spacial score (nSPS) is 6.00. The molecule has 44 valence electrons. The molecule has 0 spiro atoms.